The maximum atomic E-state index is 12.1. The minimum atomic E-state index is -4.83. The van der Waals surface area contributed by atoms with Crippen LogP contribution in [0.5, 0.6) is 5.75 Å². The Balaban J connectivity index is 2.11. The van der Waals surface area contributed by atoms with Gasteiger partial charge in [0.1, 0.15) is 35.5 Å². The predicted octanol–water partition coefficient (Wildman–Crippen LogP) is 3.85. The van der Waals surface area contributed by atoms with Gasteiger partial charge in [0, 0.05) is 37.3 Å². The lowest BCUT2D eigenvalue weighted by atomic mass is 9.86. The summed E-state index contributed by atoms with van der Waals surface area (Å²) < 4.78 is 37.0. The lowest BCUT2D eigenvalue weighted by Gasteiger charge is -2.19. The molecule has 1 aliphatic rings. The van der Waals surface area contributed by atoms with Gasteiger partial charge in [-0.05, 0) is 70.1 Å². The maximum absolute atomic E-state index is 12.1. The monoisotopic (exact) mass is 518 g/mol. The Morgan fingerprint density at radius 2 is 1.51 bits per heavy atom. The molecule has 0 heterocycles. The summed E-state index contributed by atoms with van der Waals surface area (Å²) >= 11 is 0. The summed E-state index contributed by atoms with van der Waals surface area (Å²) in [5, 5.41) is 20.9. The average molecular weight is 519 g/mol. The predicted molar refractivity (Wildman–Crippen MR) is 143 cm³/mol. The third-order valence-corrected chi connectivity index (χ3v) is 7.04. The molecule has 0 aromatic heterocycles. The van der Waals surface area contributed by atoms with E-state index in [4.69, 9.17) is 0 Å². The molecule has 4 rings (SSSR count). The van der Waals surface area contributed by atoms with Gasteiger partial charge in [0.05, 0.1) is 4.90 Å². The first-order valence-corrected chi connectivity index (χ1v) is 12.7. The Bertz CT molecular complexity index is 1640. The van der Waals surface area contributed by atoms with Crippen LogP contribution >= 0.6 is 0 Å². The molecule has 190 valence electrons. The number of nitrogens with zero attached hydrogens (tertiary/aromatic N) is 2. The Kier molecular flexibility index (Phi) is 6.77. The molecule has 8 nitrogen and oxygen atoms in total. The van der Waals surface area contributed by atoms with E-state index >= 15 is 0 Å². The Hall–Kier alpha value is -4.21. The van der Waals surface area contributed by atoms with Crippen molar-refractivity contribution < 1.29 is 32.6 Å². The number of fused-ring (bicyclic) bond motifs is 1. The van der Waals surface area contributed by atoms with Gasteiger partial charge < -0.3 is 19.7 Å². The number of hydrogen-bond acceptors (Lipinski definition) is 6. The van der Waals surface area contributed by atoms with E-state index in [-0.39, 0.29) is 5.39 Å². The van der Waals surface area contributed by atoms with Crippen LogP contribution in [0.1, 0.15) is 21.5 Å². The van der Waals surface area contributed by atoms with E-state index in [0.717, 1.165) is 34.7 Å². The molecule has 37 heavy (non-hydrogen) atoms. The second-order valence-electron chi connectivity index (χ2n) is 9.04. The first-order valence-electron chi connectivity index (χ1n) is 11.3. The summed E-state index contributed by atoms with van der Waals surface area (Å²) in [4.78, 5) is 13.5. The zero-order valence-electron chi connectivity index (χ0n) is 20.8. The molecule has 2 N–H and O–H groups in total. The van der Waals surface area contributed by atoms with Gasteiger partial charge in [0.2, 0.25) is 0 Å². The van der Waals surface area contributed by atoms with E-state index in [2.05, 4.69) is 0 Å². The number of phenols is 1. The average Bonchev–Trinajstić information content (AvgIpc) is 2.85. The van der Waals surface area contributed by atoms with Crippen LogP contribution in [0.15, 0.2) is 83.3 Å². The summed E-state index contributed by atoms with van der Waals surface area (Å²) in [6, 6.07) is 12.7. The number of aromatic carboxylic acids is 1. The number of rotatable bonds is 5. The molecule has 1 aliphatic carbocycles. The van der Waals surface area contributed by atoms with Crippen molar-refractivity contribution in [3.05, 3.63) is 95.1 Å². The first kappa shape index (κ1) is 25.9. The molecule has 0 saturated carbocycles. The van der Waals surface area contributed by atoms with Crippen LogP contribution in [-0.2, 0) is 10.1 Å². The van der Waals surface area contributed by atoms with Crippen LogP contribution in [0.3, 0.4) is 0 Å². The minimum absolute atomic E-state index is 0.0425. The third kappa shape index (κ3) is 5.04. The number of anilines is 1. The van der Waals surface area contributed by atoms with Crippen molar-refractivity contribution in [2.45, 2.75) is 4.90 Å². The maximum Gasteiger partial charge on any atom is 0.339 e. The van der Waals surface area contributed by atoms with Gasteiger partial charge in [-0.2, -0.15) is 0 Å². The molecule has 0 amide bonds. The van der Waals surface area contributed by atoms with Gasteiger partial charge in [0.25, 0.3) is 0 Å². The molecule has 0 radical (unpaired) electrons. The van der Waals surface area contributed by atoms with Gasteiger partial charge in [-0.3, -0.25) is 0 Å². The van der Waals surface area contributed by atoms with Crippen LogP contribution < -0.4 is 4.90 Å². The van der Waals surface area contributed by atoms with E-state index in [1.54, 1.807) is 0 Å². The smallest absolute Gasteiger partial charge is 0.339 e. The molecular weight excluding hydrogens is 492 g/mol. The highest BCUT2D eigenvalue weighted by Gasteiger charge is 2.22. The van der Waals surface area contributed by atoms with Crippen LogP contribution in [0, 0.1) is 0 Å². The second kappa shape index (κ2) is 9.68. The Labute approximate surface area is 215 Å². The number of hydrogen-bond donors (Lipinski definition) is 2. The van der Waals surface area contributed by atoms with E-state index in [9.17, 15) is 28.0 Å². The highest BCUT2D eigenvalue weighted by molar-refractivity contribution is 7.85. The van der Waals surface area contributed by atoms with Gasteiger partial charge in [-0.15, -0.1) is 0 Å². The molecule has 0 unspecified atom stereocenters. The van der Waals surface area contributed by atoms with Crippen LogP contribution in [0.2, 0.25) is 0 Å². The molecule has 0 spiro atoms. The fourth-order valence-electron chi connectivity index (χ4n) is 4.25. The standard InChI is InChI=1S/C28H26N2O6S/c1-29(2)19-9-5-17(6-10-19)26(18-7-11-20(12-8-18)30(3)4)23-16-25(28(32)33)27(31)24-15-21(37(34,35)36)13-14-22(23)24/h5-16H,1-4H3,(H2,32,33,34,35,36). The molecule has 0 atom stereocenters. The lowest BCUT2D eigenvalue weighted by molar-refractivity contribution is -0.462. The number of allylic oxidation sites excluding steroid dienone is 5. The number of carboxylic acids is 1. The quantitative estimate of drug-likeness (QED) is 0.389. The fraction of sp³-hybridized carbons (Fsp3) is 0.143. The van der Waals surface area contributed by atoms with Crippen molar-refractivity contribution in [1.29, 1.82) is 0 Å². The van der Waals surface area contributed by atoms with Gasteiger partial charge in [-0.1, -0.05) is 18.2 Å². The SMILES string of the molecule is CN(C)c1ccc(C(=C2C=CC(=[N+](C)C)C=C2)c2cc(C(=O)O)c(O)c3cc(S(=O)(=O)[O-])ccc23)cc1. The largest absolute Gasteiger partial charge is 0.744 e. The number of aromatic hydroxyl groups is 1. The highest BCUT2D eigenvalue weighted by atomic mass is 32.2. The Morgan fingerprint density at radius 1 is 0.892 bits per heavy atom. The summed E-state index contributed by atoms with van der Waals surface area (Å²) in [5.41, 5.74) is 4.25. The normalized spacial score (nSPS) is 13.2. The first-order chi connectivity index (χ1) is 17.4. The number of benzene rings is 3. The summed E-state index contributed by atoms with van der Waals surface area (Å²) in [7, 11) is 2.87. The van der Waals surface area contributed by atoms with E-state index in [0.29, 0.717) is 16.5 Å². The van der Waals surface area contributed by atoms with Crippen LogP contribution in [-0.4, -0.2) is 67.6 Å². The van der Waals surface area contributed by atoms with Crippen molar-refractivity contribution in [3.63, 3.8) is 0 Å². The molecule has 9 heteroatoms. The van der Waals surface area contributed by atoms with Crippen molar-refractivity contribution >= 4 is 43.8 Å². The molecule has 3 aromatic rings. The van der Waals surface area contributed by atoms with Crippen LogP contribution in [0.25, 0.3) is 16.3 Å². The minimum Gasteiger partial charge on any atom is -0.744 e. The van der Waals surface area contributed by atoms with Gasteiger partial charge in [-0.25, -0.2) is 17.8 Å². The number of carbonyl (C=O) groups is 1. The second-order valence-corrected chi connectivity index (χ2v) is 10.4. The third-order valence-electron chi connectivity index (χ3n) is 6.21. The summed E-state index contributed by atoms with van der Waals surface area (Å²) in [5.74, 6) is -2.00. The van der Waals surface area contributed by atoms with Gasteiger partial charge in [0.15, 0.2) is 5.71 Å². The zero-order valence-corrected chi connectivity index (χ0v) is 21.6. The summed E-state index contributed by atoms with van der Waals surface area (Å²) in [6.07, 6.45) is 7.71. The molecule has 0 fully saturated rings. The fourth-order valence-corrected chi connectivity index (χ4v) is 4.74. The van der Waals surface area contributed by atoms with Crippen molar-refractivity contribution in [1.82, 2.24) is 0 Å². The molecule has 0 bridgehead atoms. The number of carboxylic acid groups (broad SMARTS) is 1. The van der Waals surface area contributed by atoms with E-state index in [1.807, 2.05) is 86.2 Å². The Morgan fingerprint density at radius 3 is 2.03 bits per heavy atom. The van der Waals surface area contributed by atoms with E-state index < -0.39 is 32.3 Å². The zero-order chi connectivity index (χ0) is 27.1. The van der Waals surface area contributed by atoms with E-state index in [1.165, 1.54) is 12.1 Å². The van der Waals surface area contributed by atoms with Crippen molar-refractivity contribution in [3.8, 4) is 5.75 Å². The molecular formula is C28H26N2O6S. The molecule has 0 aliphatic heterocycles. The van der Waals surface area contributed by atoms with Crippen molar-refractivity contribution in [2.75, 3.05) is 33.1 Å². The van der Waals surface area contributed by atoms with Crippen LogP contribution in [0.4, 0.5) is 5.69 Å². The highest BCUT2D eigenvalue weighted by Crippen LogP contribution is 2.40. The lowest BCUT2D eigenvalue weighted by Crippen LogP contribution is -2.10. The summed E-state index contributed by atoms with van der Waals surface area (Å²) in [6.45, 7) is 0. The van der Waals surface area contributed by atoms with Crippen molar-refractivity contribution in [2.24, 2.45) is 0 Å². The molecule has 0 saturated heterocycles. The molecule has 3 aromatic carbocycles. The van der Waals surface area contributed by atoms with Gasteiger partial charge >= 0.3 is 5.97 Å². The topological polar surface area (TPSA) is 121 Å².